The number of carbonyl (C=O) groups excluding carboxylic acids is 1. The minimum atomic E-state index is -0.201. The number of urea groups is 1. The highest BCUT2D eigenvalue weighted by molar-refractivity contribution is 5.99. The van der Waals surface area contributed by atoms with E-state index in [1.807, 2.05) is 30.3 Å². The quantitative estimate of drug-likeness (QED) is 0.755. The number of para-hydroxylation sites is 2. The molecule has 0 atom stereocenters. The predicted molar refractivity (Wildman–Crippen MR) is 106 cm³/mol. The fourth-order valence-electron chi connectivity index (χ4n) is 3.52. The average Bonchev–Trinajstić information content (AvgIpc) is 2.68. The highest BCUT2D eigenvalue weighted by atomic mass is 16.2. The van der Waals surface area contributed by atoms with Gasteiger partial charge in [-0.05, 0) is 36.6 Å². The van der Waals surface area contributed by atoms with Gasteiger partial charge in [-0.1, -0.05) is 36.4 Å². The Bertz CT molecular complexity index is 919. The van der Waals surface area contributed by atoms with Crippen LogP contribution in [0.15, 0.2) is 60.8 Å². The summed E-state index contributed by atoms with van der Waals surface area (Å²) in [6.45, 7) is 2.43. The summed E-state index contributed by atoms with van der Waals surface area (Å²) >= 11 is 0. The van der Waals surface area contributed by atoms with Crippen molar-refractivity contribution in [3.63, 3.8) is 0 Å². The lowest BCUT2D eigenvalue weighted by atomic mass is 10.0. The van der Waals surface area contributed by atoms with Gasteiger partial charge < -0.3 is 15.5 Å². The largest absolute Gasteiger partial charge is 0.370 e. The van der Waals surface area contributed by atoms with Crippen molar-refractivity contribution in [2.24, 2.45) is 0 Å². The van der Waals surface area contributed by atoms with E-state index in [9.17, 15) is 4.79 Å². The second-order valence-corrected chi connectivity index (χ2v) is 6.48. The van der Waals surface area contributed by atoms with E-state index in [2.05, 4.69) is 44.8 Å². The first-order chi connectivity index (χ1) is 12.8. The van der Waals surface area contributed by atoms with Crippen molar-refractivity contribution in [1.82, 2.24) is 10.3 Å². The summed E-state index contributed by atoms with van der Waals surface area (Å²) in [5.41, 5.74) is 4.21. The van der Waals surface area contributed by atoms with Crippen LogP contribution in [0.4, 0.5) is 16.2 Å². The molecular weight excluding hydrogens is 324 g/mol. The van der Waals surface area contributed by atoms with Crippen molar-refractivity contribution >= 4 is 28.3 Å². The number of aryl methyl sites for hydroxylation is 1. The molecule has 0 saturated heterocycles. The third-order valence-electron chi connectivity index (χ3n) is 4.75. The molecule has 1 aliphatic rings. The summed E-state index contributed by atoms with van der Waals surface area (Å²) in [5, 5.41) is 6.87. The molecule has 0 bridgehead atoms. The number of pyridine rings is 1. The normalized spacial score (nSPS) is 13.3. The number of anilines is 2. The summed E-state index contributed by atoms with van der Waals surface area (Å²) in [5.74, 6) is 0. The number of aromatic nitrogens is 1. The Morgan fingerprint density at radius 1 is 1.08 bits per heavy atom. The maximum absolute atomic E-state index is 12.3. The van der Waals surface area contributed by atoms with E-state index < -0.39 is 0 Å². The van der Waals surface area contributed by atoms with E-state index in [4.69, 9.17) is 0 Å². The molecule has 1 aromatic heterocycles. The van der Waals surface area contributed by atoms with Crippen molar-refractivity contribution < 1.29 is 4.79 Å². The minimum Gasteiger partial charge on any atom is -0.370 e. The lowest BCUT2D eigenvalue weighted by Crippen LogP contribution is -2.39. The van der Waals surface area contributed by atoms with Crippen molar-refractivity contribution in [1.29, 1.82) is 0 Å². The number of amides is 2. The van der Waals surface area contributed by atoms with E-state index >= 15 is 0 Å². The van der Waals surface area contributed by atoms with Crippen LogP contribution in [-0.4, -0.2) is 30.6 Å². The lowest BCUT2D eigenvalue weighted by molar-refractivity contribution is 0.252. The van der Waals surface area contributed by atoms with Crippen LogP contribution in [0.1, 0.15) is 12.0 Å². The van der Waals surface area contributed by atoms with E-state index in [1.165, 1.54) is 11.3 Å². The van der Waals surface area contributed by atoms with Crippen LogP contribution < -0.4 is 15.5 Å². The van der Waals surface area contributed by atoms with Crippen LogP contribution in [-0.2, 0) is 6.42 Å². The maximum Gasteiger partial charge on any atom is 0.319 e. The number of rotatable bonds is 4. The molecule has 5 heteroatoms. The zero-order valence-electron chi connectivity index (χ0n) is 14.6. The average molecular weight is 346 g/mol. The Hall–Kier alpha value is -3.08. The first-order valence-corrected chi connectivity index (χ1v) is 9.03. The smallest absolute Gasteiger partial charge is 0.319 e. The Morgan fingerprint density at radius 3 is 2.92 bits per heavy atom. The molecule has 1 aliphatic heterocycles. The summed E-state index contributed by atoms with van der Waals surface area (Å²) in [6, 6.07) is 18.0. The van der Waals surface area contributed by atoms with Crippen molar-refractivity contribution in [2.75, 3.05) is 29.9 Å². The Balaban J connectivity index is 1.35. The van der Waals surface area contributed by atoms with Gasteiger partial charge in [-0.15, -0.1) is 0 Å². The molecule has 4 rings (SSSR count). The Morgan fingerprint density at radius 2 is 1.96 bits per heavy atom. The standard InChI is InChI=1S/C21H22N4O/c26-21(24-18-10-3-7-17-8-4-12-22-20(17)18)23-13-15-25-14-5-9-16-6-1-2-11-19(16)25/h1-4,6-8,10-12H,5,9,13-15H2,(H2,23,24,26). The van der Waals surface area contributed by atoms with E-state index in [0.717, 1.165) is 42.5 Å². The number of carbonyl (C=O) groups is 1. The third-order valence-corrected chi connectivity index (χ3v) is 4.75. The first kappa shape index (κ1) is 16.4. The van der Waals surface area contributed by atoms with Gasteiger partial charge >= 0.3 is 6.03 Å². The van der Waals surface area contributed by atoms with Crippen LogP contribution in [0.2, 0.25) is 0 Å². The number of fused-ring (bicyclic) bond motifs is 2. The van der Waals surface area contributed by atoms with Gasteiger partial charge in [0.05, 0.1) is 11.2 Å². The third kappa shape index (κ3) is 3.47. The number of hydrogen-bond donors (Lipinski definition) is 2. The monoisotopic (exact) mass is 346 g/mol. The molecule has 0 unspecified atom stereocenters. The van der Waals surface area contributed by atoms with E-state index in [1.54, 1.807) is 6.20 Å². The molecule has 0 saturated carbocycles. The molecule has 2 N–H and O–H groups in total. The van der Waals surface area contributed by atoms with Crippen LogP contribution in [0.25, 0.3) is 10.9 Å². The van der Waals surface area contributed by atoms with Crippen molar-refractivity contribution in [3.05, 3.63) is 66.4 Å². The second-order valence-electron chi connectivity index (χ2n) is 6.48. The number of hydrogen-bond acceptors (Lipinski definition) is 3. The Kier molecular flexibility index (Phi) is 4.69. The fraction of sp³-hybridized carbons (Fsp3) is 0.238. The molecule has 0 fully saturated rings. The van der Waals surface area contributed by atoms with Crippen LogP contribution in [0.3, 0.4) is 0 Å². The molecule has 5 nitrogen and oxygen atoms in total. The topological polar surface area (TPSA) is 57.3 Å². The van der Waals surface area contributed by atoms with Gasteiger partial charge in [0, 0.05) is 36.9 Å². The van der Waals surface area contributed by atoms with Crippen LogP contribution in [0.5, 0.6) is 0 Å². The molecule has 2 amide bonds. The number of benzene rings is 2. The van der Waals surface area contributed by atoms with Gasteiger partial charge in [0.1, 0.15) is 0 Å². The molecular formula is C21H22N4O. The van der Waals surface area contributed by atoms with Gasteiger partial charge in [0.25, 0.3) is 0 Å². The van der Waals surface area contributed by atoms with E-state index in [0.29, 0.717) is 6.54 Å². The summed E-state index contributed by atoms with van der Waals surface area (Å²) in [7, 11) is 0. The SMILES string of the molecule is O=C(NCCN1CCCc2ccccc21)Nc1cccc2cccnc12. The molecule has 3 aromatic rings. The Labute approximate surface area is 153 Å². The summed E-state index contributed by atoms with van der Waals surface area (Å²) < 4.78 is 0. The molecule has 2 aromatic carbocycles. The zero-order valence-corrected chi connectivity index (χ0v) is 14.6. The van der Waals surface area contributed by atoms with Crippen molar-refractivity contribution in [2.45, 2.75) is 12.8 Å². The van der Waals surface area contributed by atoms with Gasteiger partial charge in [0.15, 0.2) is 0 Å². The van der Waals surface area contributed by atoms with Gasteiger partial charge in [-0.25, -0.2) is 4.79 Å². The van der Waals surface area contributed by atoms with Crippen LogP contribution >= 0.6 is 0 Å². The molecule has 2 heterocycles. The molecule has 0 spiro atoms. The zero-order chi connectivity index (χ0) is 17.8. The van der Waals surface area contributed by atoms with Gasteiger partial charge in [0.2, 0.25) is 0 Å². The first-order valence-electron chi connectivity index (χ1n) is 9.03. The van der Waals surface area contributed by atoms with Crippen LogP contribution in [0, 0.1) is 0 Å². The minimum absolute atomic E-state index is 0.201. The highest BCUT2D eigenvalue weighted by Crippen LogP contribution is 2.26. The molecule has 26 heavy (non-hydrogen) atoms. The molecule has 0 radical (unpaired) electrons. The maximum atomic E-state index is 12.3. The summed E-state index contributed by atoms with van der Waals surface area (Å²) in [4.78, 5) is 19.0. The fourth-order valence-corrected chi connectivity index (χ4v) is 3.52. The molecule has 0 aliphatic carbocycles. The molecule has 132 valence electrons. The highest BCUT2D eigenvalue weighted by Gasteiger charge is 2.15. The van der Waals surface area contributed by atoms with Gasteiger partial charge in [-0.3, -0.25) is 4.98 Å². The second kappa shape index (κ2) is 7.44. The van der Waals surface area contributed by atoms with E-state index in [-0.39, 0.29) is 6.03 Å². The number of nitrogens with zero attached hydrogens (tertiary/aromatic N) is 2. The van der Waals surface area contributed by atoms with Crippen molar-refractivity contribution in [3.8, 4) is 0 Å². The number of nitrogens with one attached hydrogen (secondary N) is 2. The van der Waals surface area contributed by atoms with Gasteiger partial charge in [-0.2, -0.15) is 0 Å². The predicted octanol–water partition coefficient (Wildman–Crippen LogP) is 3.81. The lowest BCUT2D eigenvalue weighted by Gasteiger charge is -2.31. The summed E-state index contributed by atoms with van der Waals surface area (Å²) in [6.07, 6.45) is 4.03.